The fourth-order valence-electron chi connectivity index (χ4n) is 1.78. The number of aromatic nitrogens is 1. The second kappa shape index (κ2) is 6.64. The number of nitrogens with one attached hydrogen (secondary N) is 1. The summed E-state index contributed by atoms with van der Waals surface area (Å²) in [5.74, 6) is 0.394. The zero-order valence-corrected chi connectivity index (χ0v) is 13.0. The van der Waals surface area contributed by atoms with Gasteiger partial charge in [0.2, 0.25) is 0 Å². The number of halogens is 1. The van der Waals surface area contributed by atoms with Crippen LogP contribution in [0.1, 0.15) is 15.2 Å². The molecule has 0 unspecified atom stereocenters. The minimum absolute atomic E-state index is 0.322. The number of anilines is 1. The van der Waals surface area contributed by atoms with Gasteiger partial charge in [-0.15, -0.1) is 11.3 Å². The monoisotopic (exact) mass is 327 g/mol. The van der Waals surface area contributed by atoms with E-state index in [2.05, 4.69) is 10.3 Å². The van der Waals surface area contributed by atoms with Crippen LogP contribution in [0.15, 0.2) is 18.3 Å². The van der Waals surface area contributed by atoms with Crippen LogP contribution in [0.3, 0.4) is 0 Å². The predicted octanol–water partition coefficient (Wildman–Crippen LogP) is 2.52. The van der Waals surface area contributed by atoms with Crippen LogP contribution in [-0.4, -0.2) is 25.1 Å². The van der Waals surface area contributed by atoms with Gasteiger partial charge in [0.25, 0.3) is 5.91 Å². The molecule has 2 aromatic rings. The van der Waals surface area contributed by atoms with Gasteiger partial charge in [0.15, 0.2) is 16.0 Å². The Labute approximate surface area is 130 Å². The fraction of sp³-hybridized carbons (Fsp3) is 0.231. The second-order valence-electron chi connectivity index (χ2n) is 4.05. The third-order valence-corrected chi connectivity index (χ3v) is 3.88. The molecule has 0 aliphatic carbocycles. The van der Waals surface area contributed by atoms with Gasteiger partial charge < -0.3 is 20.5 Å². The van der Waals surface area contributed by atoms with Crippen molar-refractivity contribution in [2.75, 3.05) is 19.5 Å². The van der Waals surface area contributed by atoms with Gasteiger partial charge >= 0.3 is 0 Å². The van der Waals surface area contributed by atoms with E-state index in [1.807, 2.05) is 0 Å². The molecule has 1 aromatic carbocycles. The van der Waals surface area contributed by atoms with Crippen LogP contribution in [0.25, 0.3) is 0 Å². The van der Waals surface area contributed by atoms with Crippen molar-refractivity contribution >= 4 is 34.5 Å². The summed E-state index contributed by atoms with van der Waals surface area (Å²) < 4.78 is 10.8. The summed E-state index contributed by atoms with van der Waals surface area (Å²) in [6, 6.07) is 3.21. The molecule has 0 aliphatic rings. The molecule has 6 nitrogen and oxygen atoms in total. The van der Waals surface area contributed by atoms with Gasteiger partial charge in [-0.1, -0.05) is 11.6 Å². The molecule has 0 saturated heterocycles. The first-order valence-electron chi connectivity index (χ1n) is 5.95. The molecule has 8 heteroatoms. The molecule has 2 rings (SSSR count). The Balaban J connectivity index is 2.29. The van der Waals surface area contributed by atoms with Crippen molar-refractivity contribution in [3.63, 3.8) is 0 Å². The first kappa shape index (κ1) is 15.4. The van der Waals surface area contributed by atoms with Crippen molar-refractivity contribution in [2.24, 2.45) is 5.73 Å². The number of ether oxygens (including phenoxy) is 2. The highest BCUT2D eigenvalue weighted by Crippen LogP contribution is 2.33. The van der Waals surface area contributed by atoms with Gasteiger partial charge in [0.1, 0.15) is 0 Å². The summed E-state index contributed by atoms with van der Waals surface area (Å²) in [7, 11) is 3.02. The zero-order valence-electron chi connectivity index (χ0n) is 11.5. The van der Waals surface area contributed by atoms with E-state index in [9.17, 15) is 4.79 Å². The van der Waals surface area contributed by atoms with Crippen molar-refractivity contribution in [3.05, 3.63) is 33.2 Å². The Morgan fingerprint density at radius 2 is 2.05 bits per heavy atom. The smallest absolute Gasteiger partial charge is 0.250 e. The molecule has 3 N–H and O–H groups in total. The van der Waals surface area contributed by atoms with E-state index in [0.29, 0.717) is 33.8 Å². The third-order valence-electron chi connectivity index (χ3n) is 2.77. The molecule has 0 fully saturated rings. The van der Waals surface area contributed by atoms with E-state index in [-0.39, 0.29) is 0 Å². The molecule has 0 spiro atoms. The van der Waals surface area contributed by atoms with Gasteiger partial charge in [-0.25, -0.2) is 4.98 Å². The van der Waals surface area contributed by atoms with Crippen LogP contribution in [0.4, 0.5) is 5.69 Å². The Bertz CT molecular complexity index is 660. The number of methoxy groups -OCH3 is 2. The molecule has 0 aliphatic heterocycles. The highest BCUT2D eigenvalue weighted by atomic mass is 35.5. The number of benzene rings is 1. The highest BCUT2D eigenvalue weighted by molar-refractivity contribution is 7.15. The van der Waals surface area contributed by atoms with E-state index < -0.39 is 5.91 Å². The molecule has 1 heterocycles. The highest BCUT2D eigenvalue weighted by Gasteiger charge is 2.15. The van der Waals surface area contributed by atoms with Gasteiger partial charge in [0, 0.05) is 17.1 Å². The number of carbonyl (C=O) groups excluding carboxylic acids is 1. The molecule has 0 saturated carbocycles. The average molecular weight is 328 g/mol. The Kier molecular flexibility index (Phi) is 4.87. The first-order valence-corrected chi connectivity index (χ1v) is 7.14. The summed E-state index contributed by atoms with van der Waals surface area (Å²) in [5, 5.41) is 3.13. The number of thiazole rings is 1. The number of nitrogens with zero attached hydrogens (tertiary/aromatic N) is 1. The molecule has 112 valence electrons. The normalized spacial score (nSPS) is 10.2. The lowest BCUT2D eigenvalue weighted by Crippen LogP contribution is -2.15. The molecule has 0 bridgehead atoms. The van der Waals surface area contributed by atoms with E-state index >= 15 is 0 Å². The van der Waals surface area contributed by atoms with Crippen LogP contribution in [-0.2, 0) is 6.54 Å². The van der Waals surface area contributed by atoms with Crippen LogP contribution in [0.5, 0.6) is 11.5 Å². The van der Waals surface area contributed by atoms with Crippen LogP contribution >= 0.6 is 22.9 Å². The van der Waals surface area contributed by atoms with Gasteiger partial charge in [-0.05, 0) is 6.07 Å². The third kappa shape index (κ3) is 3.56. The van der Waals surface area contributed by atoms with Crippen molar-refractivity contribution in [2.45, 2.75) is 6.54 Å². The molecule has 0 radical (unpaired) electrons. The standard InChI is InChI=1S/C13H14ClN3O3S/c1-19-10-3-8(12(15)18)9(4-11(10)20-2)16-5-7-6-17-13(14)21-7/h3-4,6,16H,5H2,1-2H3,(H2,15,18). The van der Waals surface area contributed by atoms with Gasteiger partial charge in [-0.2, -0.15) is 0 Å². The first-order chi connectivity index (χ1) is 10.0. The average Bonchev–Trinajstić information content (AvgIpc) is 2.89. The minimum atomic E-state index is -0.555. The number of primary amides is 1. The number of rotatable bonds is 6. The lowest BCUT2D eigenvalue weighted by Gasteiger charge is -2.14. The second-order valence-corrected chi connectivity index (χ2v) is 5.75. The number of hydrogen-bond acceptors (Lipinski definition) is 6. The largest absolute Gasteiger partial charge is 0.493 e. The number of nitrogens with two attached hydrogens (primary N) is 1. The van der Waals surface area contributed by atoms with Crippen molar-refractivity contribution in [1.82, 2.24) is 4.98 Å². The van der Waals surface area contributed by atoms with Crippen LogP contribution < -0.4 is 20.5 Å². The van der Waals surface area contributed by atoms with E-state index in [1.54, 1.807) is 18.3 Å². The molecule has 21 heavy (non-hydrogen) atoms. The number of amides is 1. The van der Waals surface area contributed by atoms with Crippen LogP contribution in [0.2, 0.25) is 4.47 Å². The molecule has 0 atom stereocenters. The maximum atomic E-state index is 11.6. The van der Waals surface area contributed by atoms with Crippen LogP contribution in [0, 0.1) is 0 Å². The number of carbonyl (C=O) groups is 1. The number of hydrogen-bond donors (Lipinski definition) is 2. The lowest BCUT2D eigenvalue weighted by molar-refractivity contribution is 0.100. The Hall–Kier alpha value is -1.99. The van der Waals surface area contributed by atoms with Gasteiger partial charge in [0.05, 0.1) is 32.0 Å². The van der Waals surface area contributed by atoms with E-state index in [0.717, 1.165) is 4.88 Å². The van der Waals surface area contributed by atoms with Crippen molar-refractivity contribution < 1.29 is 14.3 Å². The maximum absolute atomic E-state index is 11.6. The lowest BCUT2D eigenvalue weighted by atomic mass is 10.1. The SMILES string of the molecule is COc1cc(NCc2cnc(Cl)s2)c(C(N)=O)cc1OC. The maximum Gasteiger partial charge on any atom is 0.250 e. The molecule has 1 amide bonds. The van der Waals surface area contributed by atoms with E-state index in [1.165, 1.54) is 25.6 Å². The zero-order chi connectivity index (χ0) is 15.4. The summed E-state index contributed by atoms with van der Waals surface area (Å²) in [5.41, 5.74) is 6.28. The molecule has 1 aromatic heterocycles. The summed E-state index contributed by atoms with van der Waals surface area (Å²) in [6.45, 7) is 0.472. The minimum Gasteiger partial charge on any atom is -0.493 e. The van der Waals surface area contributed by atoms with Crippen molar-refractivity contribution in [3.8, 4) is 11.5 Å². The summed E-state index contributed by atoms with van der Waals surface area (Å²) in [6.07, 6.45) is 1.67. The Morgan fingerprint density at radius 1 is 1.38 bits per heavy atom. The topological polar surface area (TPSA) is 86.5 Å². The summed E-state index contributed by atoms with van der Waals surface area (Å²) in [4.78, 5) is 16.5. The fourth-order valence-corrected chi connectivity index (χ4v) is 2.69. The van der Waals surface area contributed by atoms with Gasteiger partial charge in [-0.3, -0.25) is 4.79 Å². The van der Waals surface area contributed by atoms with Crippen molar-refractivity contribution in [1.29, 1.82) is 0 Å². The predicted molar refractivity (Wildman–Crippen MR) is 82.5 cm³/mol. The van der Waals surface area contributed by atoms with E-state index in [4.69, 9.17) is 26.8 Å². The molecular formula is C13H14ClN3O3S. The summed E-state index contributed by atoms with van der Waals surface area (Å²) >= 11 is 7.14. The quantitative estimate of drug-likeness (QED) is 0.851. The molecular weight excluding hydrogens is 314 g/mol. The Morgan fingerprint density at radius 3 is 2.57 bits per heavy atom.